The maximum Gasteiger partial charge on any atom is 0.314 e. The second kappa shape index (κ2) is 2.78. The standard InChI is InChI=1S/CH3FO6S2/c2-8-10(6,7)1-9(3,4)5/h1H2,(H,3,4,5). The Labute approximate surface area is 56.4 Å². The third-order valence-electron chi connectivity index (χ3n) is 0.389. The van der Waals surface area contributed by atoms with Gasteiger partial charge >= 0.3 is 10.1 Å². The van der Waals surface area contributed by atoms with E-state index in [1.807, 2.05) is 0 Å². The zero-order valence-electron chi connectivity index (χ0n) is 4.39. The molecule has 0 atom stereocenters. The van der Waals surface area contributed by atoms with Crippen LogP contribution in [-0.4, -0.2) is 26.5 Å². The molecule has 0 aromatic carbocycles. The van der Waals surface area contributed by atoms with Crippen LogP contribution in [-0.2, 0) is 24.6 Å². The first-order chi connectivity index (χ1) is 4.27. The zero-order valence-corrected chi connectivity index (χ0v) is 6.02. The maximum atomic E-state index is 10.8. The number of halogens is 1. The van der Waals surface area contributed by atoms with E-state index in [4.69, 9.17) is 4.55 Å². The van der Waals surface area contributed by atoms with Crippen LogP contribution in [0.3, 0.4) is 0 Å². The Morgan fingerprint density at radius 1 is 1.30 bits per heavy atom. The third kappa shape index (κ3) is 4.61. The first kappa shape index (κ1) is 9.75. The van der Waals surface area contributed by atoms with E-state index in [-0.39, 0.29) is 0 Å². The summed E-state index contributed by atoms with van der Waals surface area (Å²) in [4.78, 5) is 0. The Morgan fingerprint density at radius 2 is 1.70 bits per heavy atom. The molecular weight excluding hydrogens is 191 g/mol. The van der Waals surface area contributed by atoms with Crippen molar-refractivity contribution in [1.82, 2.24) is 0 Å². The smallest absolute Gasteiger partial charge is 0.285 e. The Bertz CT molecular complexity index is 284. The topological polar surface area (TPSA) is 97.7 Å². The molecule has 0 aliphatic heterocycles. The van der Waals surface area contributed by atoms with Crippen LogP contribution in [0.25, 0.3) is 0 Å². The molecule has 0 heterocycles. The molecule has 0 bridgehead atoms. The molecule has 0 aliphatic carbocycles. The largest absolute Gasteiger partial charge is 0.314 e. The molecule has 0 saturated carbocycles. The van der Waals surface area contributed by atoms with Crippen molar-refractivity contribution < 1.29 is 30.3 Å². The number of rotatable bonds is 3. The molecule has 0 radical (unpaired) electrons. The molecule has 9 heteroatoms. The second-order valence-electron chi connectivity index (χ2n) is 1.32. The van der Waals surface area contributed by atoms with Crippen molar-refractivity contribution in [2.75, 3.05) is 5.08 Å². The molecule has 0 aromatic heterocycles. The highest BCUT2D eigenvalue weighted by molar-refractivity contribution is 8.03. The van der Waals surface area contributed by atoms with Crippen LogP contribution >= 0.6 is 0 Å². The van der Waals surface area contributed by atoms with Gasteiger partial charge in [-0.1, -0.05) is 4.39 Å². The normalized spacial score (nSPS) is 13.4. The lowest BCUT2D eigenvalue weighted by Gasteiger charge is -1.91. The van der Waals surface area contributed by atoms with Gasteiger partial charge in [0.2, 0.25) is 5.08 Å². The van der Waals surface area contributed by atoms with E-state index in [9.17, 15) is 21.4 Å². The molecule has 0 amide bonds. The van der Waals surface area contributed by atoms with Gasteiger partial charge in [0.05, 0.1) is 0 Å². The summed E-state index contributed by atoms with van der Waals surface area (Å²) in [5.41, 5.74) is 0. The highest BCUT2D eigenvalue weighted by atomic mass is 32.3. The fourth-order valence-corrected chi connectivity index (χ4v) is 1.81. The molecule has 0 saturated heterocycles. The summed E-state index contributed by atoms with van der Waals surface area (Å²) in [6.45, 7) is 0. The van der Waals surface area contributed by atoms with Crippen molar-refractivity contribution in [3.05, 3.63) is 0 Å². The van der Waals surface area contributed by atoms with Crippen LogP contribution in [0.4, 0.5) is 4.53 Å². The highest BCUT2D eigenvalue weighted by Crippen LogP contribution is 1.97. The summed E-state index contributed by atoms with van der Waals surface area (Å²) in [5.74, 6) is 0. The first-order valence-corrected chi connectivity index (χ1v) is 4.93. The average Bonchev–Trinajstić information content (AvgIpc) is 1.60. The van der Waals surface area contributed by atoms with Crippen molar-refractivity contribution in [3.8, 4) is 0 Å². The van der Waals surface area contributed by atoms with Crippen LogP contribution < -0.4 is 0 Å². The quantitative estimate of drug-likeness (QED) is 0.582. The average molecular weight is 194 g/mol. The maximum absolute atomic E-state index is 10.8. The molecule has 0 unspecified atom stereocenters. The molecular formula is CH3FO6S2. The van der Waals surface area contributed by atoms with Gasteiger partial charge in [-0.3, -0.25) is 4.55 Å². The number of hydrogen-bond acceptors (Lipinski definition) is 5. The summed E-state index contributed by atoms with van der Waals surface area (Å²) in [6, 6.07) is 0. The van der Waals surface area contributed by atoms with Gasteiger partial charge < -0.3 is 0 Å². The predicted molar refractivity (Wildman–Crippen MR) is 27.5 cm³/mol. The minimum absolute atomic E-state index is 1.78. The van der Waals surface area contributed by atoms with E-state index in [1.54, 1.807) is 0 Å². The summed E-state index contributed by atoms with van der Waals surface area (Å²) in [6.07, 6.45) is 0. The molecule has 0 aliphatic rings. The van der Waals surface area contributed by atoms with E-state index < -0.39 is 25.3 Å². The van der Waals surface area contributed by atoms with E-state index in [0.29, 0.717) is 0 Å². The Kier molecular flexibility index (Phi) is 2.71. The Hall–Kier alpha value is -0.250. The van der Waals surface area contributed by atoms with Crippen LogP contribution in [0.5, 0.6) is 0 Å². The molecule has 6 nitrogen and oxygen atoms in total. The van der Waals surface area contributed by atoms with E-state index in [2.05, 4.69) is 4.39 Å². The SMILES string of the molecule is O=S(=O)(O)CS(=O)(=O)OF. The fraction of sp³-hybridized carbons (Fsp3) is 1.00. The van der Waals surface area contributed by atoms with E-state index in [0.717, 1.165) is 0 Å². The lowest BCUT2D eigenvalue weighted by atomic mass is 11.9. The van der Waals surface area contributed by atoms with Gasteiger partial charge in [-0.2, -0.15) is 16.8 Å². The zero-order chi connectivity index (χ0) is 8.41. The summed E-state index contributed by atoms with van der Waals surface area (Å²) in [5, 5.41) is -1.78. The van der Waals surface area contributed by atoms with E-state index >= 15 is 0 Å². The molecule has 10 heavy (non-hydrogen) atoms. The molecule has 1 N–H and O–H groups in total. The lowest BCUT2D eigenvalue weighted by molar-refractivity contribution is 0.00373. The van der Waals surface area contributed by atoms with Crippen molar-refractivity contribution in [2.45, 2.75) is 0 Å². The summed E-state index contributed by atoms with van der Waals surface area (Å²) < 4.78 is 60.1. The molecule has 62 valence electrons. The van der Waals surface area contributed by atoms with Crippen LogP contribution in [0.2, 0.25) is 0 Å². The van der Waals surface area contributed by atoms with Gasteiger partial charge in [0.1, 0.15) is 0 Å². The van der Waals surface area contributed by atoms with Gasteiger partial charge in [0, 0.05) is 0 Å². The Balaban J connectivity index is 4.49. The Morgan fingerprint density at radius 3 is 1.80 bits per heavy atom. The first-order valence-electron chi connectivity index (χ1n) is 1.75. The monoisotopic (exact) mass is 194 g/mol. The van der Waals surface area contributed by atoms with Crippen molar-refractivity contribution in [2.24, 2.45) is 0 Å². The molecule has 0 fully saturated rings. The fourth-order valence-electron chi connectivity index (χ4n) is 0.201. The summed E-state index contributed by atoms with van der Waals surface area (Å²) >= 11 is 0. The van der Waals surface area contributed by atoms with Crippen LogP contribution in [0, 0.1) is 0 Å². The van der Waals surface area contributed by atoms with Crippen molar-refractivity contribution in [1.29, 1.82) is 0 Å². The third-order valence-corrected chi connectivity index (χ3v) is 2.93. The van der Waals surface area contributed by atoms with Crippen LogP contribution in [0.1, 0.15) is 0 Å². The minimum atomic E-state index is -4.78. The lowest BCUT2D eigenvalue weighted by Crippen LogP contribution is -2.15. The van der Waals surface area contributed by atoms with Crippen molar-refractivity contribution in [3.63, 3.8) is 0 Å². The highest BCUT2D eigenvalue weighted by Gasteiger charge is 2.21. The minimum Gasteiger partial charge on any atom is -0.285 e. The van der Waals surface area contributed by atoms with Crippen LogP contribution in [0.15, 0.2) is 0 Å². The van der Waals surface area contributed by atoms with Gasteiger partial charge in [-0.05, 0) is 4.53 Å². The molecule has 0 rings (SSSR count). The van der Waals surface area contributed by atoms with Gasteiger partial charge in [-0.15, -0.1) is 0 Å². The van der Waals surface area contributed by atoms with E-state index in [1.165, 1.54) is 0 Å². The number of hydrogen-bond donors (Lipinski definition) is 1. The predicted octanol–water partition coefficient (Wildman–Crippen LogP) is -0.937. The molecule has 0 spiro atoms. The van der Waals surface area contributed by atoms with Crippen molar-refractivity contribution >= 4 is 20.2 Å². The van der Waals surface area contributed by atoms with Gasteiger partial charge in [-0.25, -0.2) is 0 Å². The van der Waals surface area contributed by atoms with Gasteiger partial charge in [0.25, 0.3) is 10.1 Å². The van der Waals surface area contributed by atoms with Gasteiger partial charge in [0.15, 0.2) is 0 Å². The second-order valence-corrected chi connectivity index (χ2v) is 4.67. The molecule has 0 aromatic rings. The summed E-state index contributed by atoms with van der Waals surface area (Å²) in [7, 11) is -9.53.